The summed E-state index contributed by atoms with van der Waals surface area (Å²) >= 11 is 5.82. The molecule has 0 radical (unpaired) electrons. The molecule has 1 amide bonds. The van der Waals surface area contributed by atoms with E-state index < -0.39 is 24.3 Å². The van der Waals surface area contributed by atoms with Gasteiger partial charge in [0.1, 0.15) is 0 Å². The van der Waals surface area contributed by atoms with E-state index in [2.05, 4.69) is 5.32 Å². The Morgan fingerprint density at radius 1 is 1.20 bits per heavy atom. The summed E-state index contributed by atoms with van der Waals surface area (Å²) in [4.78, 5) is 23.8. The van der Waals surface area contributed by atoms with E-state index in [0.717, 1.165) is 11.6 Å². The lowest BCUT2D eigenvalue weighted by atomic mass is 10.1. The van der Waals surface area contributed by atoms with Crippen LogP contribution in [-0.4, -0.2) is 25.6 Å². The number of methoxy groups -OCH3 is 1. The monoisotopic (exact) mass is 365 g/mol. The highest BCUT2D eigenvalue weighted by atomic mass is 35.5. The van der Waals surface area contributed by atoms with E-state index in [9.17, 15) is 14.0 Å². The van der Waals surface area contributed by atoms with Crippen molar-refractivity contribution < 1.29 is 23.5 Å². The molecule has 0 spiro atoms. The van der Waals surface area contributed by atoms with Crippen LogP contribution in [0.5, 0.6) is 5.75 Å². The van der Waals surface area contributed by atoms with Gasteiger partial charge in [-0.3, -0.25) is 4.79 Å². The SMILES string of the molecule is COc1ccc(C(=O)OCC(=O)N[C@@H](C)c2ccc(Cl)cc2)cc1F. The van der Waals surface area contributed by atoms with Crippen molar-refractivity contribution in [2.45, 2.75) is 13.0 Å². The van der Waals surface area contributed by atoms with Gasteiger partial charge in [0.2, 0.25) is 0 Å². The number of benzene rings is 2. The molecule has 1 atom stereocenters. The molecule has 0 aliphatic carbocycles. The molecule has 0 aromatic heterocycles. The van der Waals surface area contributed by atoms with Crippen molar-refractivity contribution in [2.75, 3.05) is 13.7 Å². The molecular formula is C18H17ClFNO4. The lowest BCUT2D eigenvalue weighted by Gasteiger charge is -2.14. The Morgan fingerprint density at radius 2 is 1.88 bits per heavy atom. The van der Waals surface area contributed by atoms with E-state index >= 15 is 0 Å². The number of rotatable bonds is 6. The summed E-state index contributed by atoms with van der Waals surface area (Å²) in [5.41, 5.74) is 0.859. The first-order valence-electron chi connectivity index (χ1n) is 7.46. The summed E-state index contributed by atoms with van der Waals surface area (Å²) in [7, 11) is 1.32. The molecule has 0 aliphatic heterocycles. The van der Waals surface area contributed by atoms with Gasteiger partial charge in [0.15, 0.2) is 18.2 Å². The second-order valence-corrected chi connectivity index (χ2v) is 5.70. The van der Waals surface area contributed by atoms with Gasteiger partial charge in [-0.05, 0) is 42.8 Å². The van der Waals surface area contributed by atoms with Crippen LogP contribution in [0.1, 0.15) is 28.9 Å². The average molecular weight is 366 g/mol. The fourth-order valence-corrected chi connectivity index (χ4v) is 2.25. The van der Waals surface area contributed by atoms with Gasteiger partial charge in [-0.1, -0.05) is 23.7 Å². The molecule has 2 aromatic rings. The molecule has 0 aliphatic rings. The largest absolute Gasteiger partial charge is 0.494 e. The molecule has 0 unspecified atom stereocenters. The molecule has 132 valence electrons. The third kappa shape index (κ3) is 5.19. The zero-order valence-electron chi connectivity index (χ0n) is 13.7. The van der Waals surface area contributed by atoms with Crippen molar-refractivity contribution in [1.82, 2.24) is 5.32 Å². The number of nitrogens with one attached hydrogen (secondary N) is 1. The summed E-state index contributed by atoms with van der Waals surface area (Å²) in [6.45, 7) is 1.33. The zero-order valence-corrected chi connectivity index (χ0v) is 14.5. The van der Waals surface area contributed by atoms with E-state index in [0.29, 0.717) is 5.02 Å². The zero-order chi connectivity index (χ0) is 18.4. The van der Waals surface area contributed by atoms with Crippen LogP contribution >= 0.6 is 11.6 Å². The van der Waals surface area contributed by atoms with Crippen molar-refractivity contribution >= 4 is 23.5 Å². The third-order valence-corrected chi connectivity index (χ3v) is 3.72. The molecule has 5 nitrogen and oxygen atoms in total. The van der Waals surface area contributed by atoms with Crippen LogP contribution < -0.4 is 10.1 Å². The Balaban J connectivity index is 1.87. The minimum atomic E-state index is -0.796. The highest BCUT2D eigenvalue weighted by molar-refractivity contribution is 6.30. The summed E-state index contributed by atoms with van der Waals surface area (Å²) in [5, 5.41) is 3.30. The number of ether oxygens (including phenoxy) is 2. The van der Waals surface area contributed by atoms with Gasteiger partial charge in [-0.25, -0.2) is 9.18 Å². The van der Waals surface area contributed by atoms with Gasteiger partial charge >= 0.3 is 5.97 Å². The van der Waals surface area contributed by atoms with E-state index in [1.165, 1.54) is 19.2 Å². The highest BCUT2D eigenvalue weighted by Gasteiger charge is 2.15. The fourth-order valence-electron chi connectivity index (χ4n) is 2.13. The van der Waals surface area contributed by atoms with Crippen LogP contribution in [0.4, 0.5) is 4.39 Å². The number of carbonyl (C=O) groups excluding carboxylic acids is 2. The van der Waals surface area contributed by atoms with E-state index in [4.69, 9.17) is 21.1 Å². The maximum Gasteiger partial charge on any atom is 0.338 e. The maximum atomic E-state index is 13.6. The van der Waals surface area contributed by atoms with Gasteiger partial charge in [-0.2, -0.15) is 0 Å². The van der Waals surface area contributed by atoms with Crippen LogP contribution in [0.2, 0.25) is 5.02 Å². The van der Waals surface area contributed by atoms with Crippen molar-refractivity contribution in [3.63, 3.8) is 0 Å². The smallest absolute Gasteiger partial charge is 0.338 e. The molecule has 25 heavy (non-hydrogen) atoms. The van der Waals surface area contributed by atoms with Crippen LogP contribution in [0.3, 0.4) is 0 Å². The quantitative estimate of drug-likeness (QED) is 0.795. The minimum absolute atomic E-state index is 0.00292. The molecule has 0 heterocycles. The first-order valence-corrected chi connectivity index (χ1v) is 7.84. The van der Waals surface area contributed by atoms with Crippen LogP contribution in [0.25, 0.3) is 0 Å². The van der Waals surface area contributed by atoms with Crippen LogP contribution in [0, 0.1) is 5.82 Å². The second-order valence-electron chi connectivity index (χ2n) is 5.27. The van der Waals surface area contributed by atoms with Gasteiger partial charge in [0, 0.05) is 5.02 Å². The number of carbonyl (C=O) groups is 2. The average Bonchev–Trinajstić information content (AvgIpc) is 2.60. The van der Waals surface area contributed by atoms with Crippen molar-refractivity contribution in [3.8, 4) is 5.75 Å². The van der Waals surface area contributed by atoms with Gasteiger partial charge in [0.25, 0.3) is 5.91 Å². The minimum Gasteiger partial charge on any atom is -0.494 e. The standard InChI is InChI=1S/C18H17ClFNO4/c1-11(12-3-6-14(19)7-4-12)21-17(22)10-25-18(23)13-5-8-16(24-2)15(20)9-13/h3-9,11H,10H2,1-2H3,(H,21,22)/t11-/m0/s1. The van der Waals surface area contributed by atoms with Crippen molar-refractivity contribution in [1.29, 1.82) is 0 Å². The van der Waals surface area contributed by atoms with Crippen molar-refractivity contribution in [3.05, 3.63) is 64.4 Å². The third-order valence-electron chi connectivity index (χ3n) is 3.47. The normalized spacial score (nSPS) is 11.5. The number of halogens is 2. The van der Waals surface area contributed by atoms with Crippen LogP contribution in [0.15, 0.2) is 42.5 Å². The van der Waals surface area contributed by atoms with Gasteiger partial charge in [0.05, 0.1) is 18.7 Å². The Hall–Kier alpha value is -2.60. The van der Waals surface area contributed by atoms with E-state index in [1.807, 2.05) is 0 Å². The Labute approximate surface area is 149 Å². The molecular weight excluding hydrogens is 349 g/mol. The highest BCUT2D eigenvalue weighted by Crippen LogP contribution is 2.18. The number of esters is 1. The summed E-state index contributed by atoms with van der Waals surface area (Å²) in [6, 6.07) is 10.4. The Morgan fingerprint density at radius 3 is 2.48 bits per heavy atom. The lowest BCUT2D eigenvalue weighted by Crippen LogP contribution is -2.31. The summed E-state index contributed by atoms with van der Waals surface area (Å²) in [5.74, 6) is -1.93. The molecule has 1 N–H and O–H groups in total. The molecule has 2 rings (SSSR count). The number of hydrogen-bond acceptors (Lipinski definition) is 4. The molecule has 0 saturated heterocycles. The van der Waals surface area contributed by atoms with E-state index in [-0.39, 0.29) is 17.4 Å². The van der Waals surface area contributed by atoms with E-state index in [1.54, 1.807) is 31.2 Å². The predicted octanol–water partition coefficient (Wildman–Crippen LogP) is 3.52. The lowest BCUT2D eigenvalue weighted by molar-refractivity contribution is -0.124. The first-order chi connectivity index (χ1) is 11.9. The molecule has 7 heteroatoms. The van der Waals surface area contributed by atoms with Crippen LogP contribution in [-0.2, 0) is 9.53 Å². The summed E-state index contributed by atoms with van der Waals surface area (Å²) < 4.78 is 23.2. The maximum absolute atomic E-state index is 13.6. The van der Waals surface area contributed by atoms with Gasteiger partial charge in [-0.15, -0.1) is 0 Å². The first kappa shape index (κ1) is 18.7. The molecule has 2 aromatic carbocycles. The Kier molecular flexibility index (Phi) is 6.36. The topological polar surface area (TPSA) is 64.6 Å². The predicted molar refractivity (Wildman–Crippen MR) is 91.2 cm³/mol. The molecule has 0 fully saturated rings. The number of amides is 1. The summed E-state index contributed by atoms with van der Waals surface area (Å²) in [6.07, 6.45) is 0. The van der Waals surface area contributed by atoms with Gasteiger partial charge < -0.3 is 14.8 Å². The fraction of sp³-hybridized carbons (Fsp3) is 0.222. The molecule has 0 saturated carbocycles. The number of hydrogen-bond donors (Lipinski definition) is 1. The molecule has 0 bridgehead atoms. The Bertz CT molecular complexity index is 764. The second kappa shape index (κ2) is 8.48. The van der Waals surface area contributed by atoms with Crippen molar-refractivity contribution in [2.24, 2.45) is 0 Å².